The standard InChI is InChI=1S/C19H21N3O3/c1-24-18-20-11-13(12-21-18)17(23)22-15-10-19(8-4-5-9-19)25-16-7-3-2-6-14(15)16/h2-3,6-7,11-12,15H,4-5,8-10H2,1H3,(H,22,23)/t15-/m1/s1. The lowest BCUT2D eigenvalue weighted by Crippen LogP contribution is -2.43. The molecule has 1 aliphatic heterocycles. The number of carbonyl (C=O) groups is 1. The van der Waals surface area contributed by atoms with Gasteiger partial charge in [0.25, 0.3) is 5.91 Å². The summed E-state index contributed by atoms with van der Waals surface area (Å²) in [4.78, 5) is 20.7. The van der Waals surface area contributed by atoms with E-state index in [1.54, 1.807) is 0 Å². The molecule has 1 amide bonds. The first-order valence-electron chi connectivity index (χ1n) is 8.64. The number of fused-ring (bicyclic) bond motifs is 1. The van der Waals surface area contributed by atoms with Crippen molar-refractivity contribution in [2.75, 3.05) is 7.11 Å². The van der Waals surface area contributed by atoms with E-state index in [2.05, 4.69) is 15.3 Å². The summed E-state index contributed by atoms with van der Waals surface area (Å²) in [7, 11) is 1.50. The molecule has 25 heavy (non-hydrogen) atoms. The highest BCUT2D eigenvalue weighted by Gasteiger charge is 2.43. The lowest BCUT2D eigenvalue weighted by Gasteiger charge is -2.40. The fourth-order valence-electron chi connectivity index (χ4n) is 3.85. The first-order chi connectivity index (χ1) is 12.2. The van der Waals surface area contributed by atoms with Crippen molar-refractivity contribution in [2.24, 2.45) is 0 Å². The number of rotatable bonds is 3. The maximum absolute atomic E-state index is 12.7. The molecule has 2 heterocycles. The molecule has 1 N–H and O–H groups in total. The first-order valence-corrected chi connectivity index (χ1v) is 8.64. The Morgan fingerprint density at radius 3 is 2.68 bits per heavy atom. The molecule has 1 atom stereocenters. The zero-order valence-electron chi connectivity index (χ0n) is 14.2. The number of nitrogens with zero attached hydrogens (tertiary/aromatic N) is 2. The third-order valence-electron chi connectivity index (χ3n) is 5.09. The van der Waals surface area contributed by atoms with E-state index in [-0.39, 0.29) is 23.6 Å². The molecule has 1 saturated carbocycles. The molecule has 6 nitrogen and oxygen atoms in total. The van der Waals surface area contributed by atoms with Crippen LogP contribution in [0.25, 0.3) is 0 Å². The summed E-state index contributed by atoms with van der Waals surface area (Å²) in [5, 5.41) is 3.14. The minimum atomic E-state index is -0.183. The van der Waals surface area contributed by atoms with Crippen LogP contribution in [0.5, 0.6) is 11.8 Å². The number of nitrogens with one attached hydrogen (secondary N) is 1. The third kappa shape index (κ3) is 3.04. The minimum absolute atomic E-state index is 0.0716. The molecule has 0 saturated heterocycles. The predicted octanol–water partition coefficient (Wildman–Crippen LogP) is 3.05. The molecule has 0 bridgehead atoms. The molecule has 0 radical (unpaired) electrons. The van der Waals surface area contributed by atoms with Gasteiger partial charge in [-0.2, -0.15) is 0 Å². The van der Waals surface area contributed by atoms with E-state index in [9.17, 15) is 4.79 Å². The van der Waals surface area contributed by atoms with E-state index in [4.69, 9.17) is 9.47 Å². The predicted molar refractivity (Wildman–Crippen MR) is 91.7 cm³/mol. The Hall–Kier alpha value is -2.63. The van der Waals surface area contributed by atoms with Crippen LogP contribution < -0.4 is 14.8 Å². The van der Waals surface area contributed by atoms with Gasteiger partial charge in [0.05, 0.1) is 18.7 Å². The van der Waals surface area contributed by atoms with Crippen molar-refractivity contribution in [1.29, 1.82) is 0 Å². The van der Waals surface area contributed by atoms with E-state index >= 15 is 0 Å². The summed E-state index contributed by atoms with van der Waals surface area (Å²) in [6, 6.07) is 8.14. The Bertz CT molecular complexity index is 770. The molecule has 2 aliphatic rings. The number of para-hydroxylation sites is 1. The Morgan fingerprint density at radius 1 is 1.24 bits per heavy atom. The first kappa shape index (κ1) is 15.9. The summed E-state index contributed by atoms with van der Waals surface area (Å²) in [6.45, 7) is 0. The summed E-state index contributed by atoms with van der Waals surface area (Å²) < 4.78 is 11.3. The highest BCUT2D eigenvalue weighted by Crippen LogP contribution is 2.47. The van der Waals surface area contributed by atoms with E-state index in [1.807, 2.05) is 24.3 Å². The van der Waals surface area contributed by atoms with Crippen molar-refractivity contribution in [3.8, 4) is 11.8 Å². The molecular formula is C19H21N3O3. The Kier molecular flexibility index (Phi) is 4.03. The summed E-state index contributed by atoms with van der Waals surface area (Å²) >= 11 is 0. The smallest absolute Gasteiger partial charge is 0.316 e. The van der Waals surface area contributed by atoms with Crippen molar-refractivity contribution in [3.63, 3.8) is 0 Å². The third-order valence-corrected chi connectivity index (χ3v) is 5.09. The van der Waals surface area contributed by atoms with Crippen LogP contribution in [0.2, 0.25) is 0 Å². The van der Waals surface area contributed by atoms with Gasteiger partial charge in [0, 0.05) is 24.4 Å². The van der Waals surface area contributed by atoms with Crippen molar-refractivity contribution in [3.05, 3.63) is 47.8 Å². The van der Waals surface area contributed by atoms with Crippen LogP contribution in [-0.2, 0) is 0 Å². The molecule has 1 aromatic carbocycles. The van der Waals surface area contributed by atoms with Crippen LogP contribution in [0.4, 0.5) is 0 Å². The molecule has 1 aliphatic carbocycles. The van der Waals surface area contributed by atoms with E-state index in [0.29, 0.717) is 5.56 Å². The van der Waals surface area contributed by atoms with Crippen molar-refractivity contribution in [2.45, 2.75) is 43.7 Å². The number of benzene rings is 1. The van der Waals surface area contributed by atoms with Crippen molar-refractivity contribution < 1.29 is 14.3 Å². The van der Waals surface area contributed by atoms with Crippen molar-refractivity contribution >= 4 is 5.91 Å². The molecule has 1 aromatic heterocycles. The van der Waals surface area contributed by atoms with Gasteiger partial charge in [0.1, 0.15) is 11.4 Å². The second-order valence-electron chi connectivity index (χ2n) is 6.72. The number of hydrogen-bond acceptors (Lipinski definition) is 5. The van der Waals surface area contributed by atoms with Gasteiger partial charge >= 0.3 is 6.01 Å². The number of ether oxygens (including phenoxy) is 2. The quantitative estimate of drug-likeness (QED) is 0.930. The molecular weight excluding hydrogens is 318 g/mol. The van der Waals surface area contributed by atoms with Gasteiger partial charge in [-0.15, -0.1) is 0 Å². The van der Waals surface area contributed by atoms with Crippen LogP contribution in [0.15, 0.2) is 36.7 Å². The van der Waals surface area contributed by atoms with Crippen LogP contribution in [0, 0.1) is 0 Å². The number of amides is 1. The number of hydrogen-bond donors (Lipinski definition) is 1. The molecule has 130 valence electrons. The van der Waals surface area contributed by atoms with E-state index in [1.165, 1.54) is 32.3 Å². The summed E-state index contributed by atoms with van der Waals surface area (Å²) in [5.74, 6) is 0.699. The van der Waals surface area contributed by atoms with Crippen molar-refractivity contribution in [1.82, 2.24) is 15.3 Å². The lowest BCUT2D eigenvalue weighted by molar-refractivity contribution is 0.0360. The Morgan fingerprint density at radius 2 is 1.96 bits per heavy atom. The van der Waals surface area contributed by atoms with Gasteiger partial charge in [-0.05, 0) is 31.7 Å². The van der Waals surface area contributed by atoms with Crippen LogP contribution in [-0.4, -0.2) is 28.6 Å². The second kappa shape index (κ2) is 6.35. The van der Waals surface area contributed by atoms with Gasteiger partial charge in [-0.25, -0.2) is 9.97 Å². The highest BCUT2D eigenvalue weighted by atomic mass is 16.5. The maximum Gasteiger partial charge on any atom is 0.316 e. The normalized spacial score (nSPS) is 20.6. The van der Waals surface area contributed by atoms with E-state index < -0.39 is 0 Å². The second-order valence-corrected chi connectivity index (χ2v) is 6.72. The highest BCUT2D eigenvalue weighted by molar-refractivity contribution is 5.93. The number of carbonyl (C=O) groups excluding carboxylic acids is 1. The van der Waals surface area contributed by atoms with Gasteiger partial charge in [0.15, 0.2) is 0 Å². The molecule has 0 unspecified atom stereocenters. The van der Waals surface area contributed by atoms with Crippen LogP contribution in [0.1, 0.15) is 54.1 Å². The topological polar surface area (TPSA) is 73.3 Å². The molecule has 4 rings (SSSR count). The fourth-order valence-corrected chi connectivity index (χ4v) is 3.85. The SMILES string of the molecule is COc1ncc(C(=O)N[C@@H]2CC3(CCCC3)Oc3ccccc32)cn1. The average molecular weight is 339 g/mol. The lowest BCUT2D eigenvalue weighted by atomic mass is 9.86. The number of methoxy groups -OCH3 is 1. The average Bonchev–Trinajstić information content (AvgIpc) is 3.09. The molecule has 1 fully saturated rings. The minimum Gasteiger partial charge on any atom is -0.487 e. The van der Waals surface area contributed by atoms with Gasteiger partial charge < -0.3 is 14.8 Å². The monoisotopic (exact) mass is 339 g/mol. The van der Waals surface area contributed by atoms with Gasteiger partial charge in [0.2, 0.25) is 0 Å². The molecule has 2 aromatic rings. The van der Waals surface area contributed by atoms with Gasteiger partial charge in [-0.1, -0.05) is 18.2 Å². The zero-order valence-corrected chi connectivity index (χ0v) is 14.2. The largest absolute Gasteiger partial charge is 0.487 e. The summed E-state index contributed by atoms with van der Waals surface area (Å²) in [6.07, 6.45) is 8.20. The Labute approximate surface area is 146 Å². The van der Waals surface area contributed by atoms with Crippen LogP contribution in [0.3, 0.4) is 0 Å². The molecule has 1 spiro atoms. The fraction of sp³-hybridized carbons (Fsp3) is 0.421. The van der Waals surface area contributed by atoms with Crippen LogP contribution >= 0.6 is 0 Å². The Balaban J connectivity index is 1.58. The summed E-state index contributed by atoms with van der Waals surface area (Å²) in [5.41, 5.74) is 1.30. The van der Waals surface area contributed by atoms with E-state index in [0.717, 1.165) is 30.6 Å². The zero-order chi connectivity index (χ0) is 17.3. The molecule has 6 heteroatoms. The van der Waals surface area contributed by atoms with Gasteiger partial charge in [-0.3, -0.25) is 4.79 Å². The number of aromatic nitrogens is 2. The maximum atomic E-state index is 12.7.